The number of ether oxygens (including phenoxy) is 1. The standard InChI is InChI=1S/C11H17BrN2O4S/c1-7-6-17-10(4-12)5-14(7)19(15,16)11-8(2)13-18-9(11)3/h7,10H,4-6H2,1-3H3. The molecule has 0 radical (unpaired) electrons. The van der Waals surface area contributed by atoms with Crippen LogP contribution in [-0.4, -0.2) is 48.5 Å². The van der Waals surface area contributed by atoms with Crippen molar-refractivity contribution in [2.45, 2.75) is 37.8 Å². The van der Waals surface area contributed by atoms with Crippen LogP contribution in [0.1, 0.15) is 18.4 Å². The van der Waals surface area contributed by atoms with Crippen LogP contribution in [0, 0.1) is 13.8 Å². The lowest BCUT2D eigenvalue weighted by molar-refractivity contribution is -0.0139. The van der Waals surface area contributed by atoms with E-state index in [9.17, 15) is 8.42 Å². The minimum atomic E-state index is -3.60. The molecular weight excluding hydrogens is 336 g/mol. The Hall–Kier alpha value is -0.440. The average Bonchev–Trinajstić information content (AvgIpc) is 2.70. The van der Waals surface area contributed by atoms with Crippen molar-refractivity contribution < 1.29 is 17.7 Å². The van der Waals surface area contributed by atoms with Gasteiger partial charge < -0.3 is 9.26 Å². The summed E-state index contributed by atoms with van der Waals surface area (Å²) in [5.41, 5.74) is 0.395. The van der Waals surface area contributed by atoms with Crippen molar-refractivity contribution in [1.82, 2.24) is 9.46 Å². The molecule has 1 aromatic rings. The zero-order chi connectivity index (χ0) is 14.2. The first-order chi connectivity index (χ1) is 8.87. The van der Waals surface area contributed by atoms with Gasteiger partial charge in [-0.05, 0) is 20.8 Å². The van der Waals surface area contributed by atoms with E-state index < -0.39 is 10.0 Å². The molecule has 1 saturated heterocycles. The van der Waals surface area contributed by atoms with E-state index in [1.165, 1.54) is 4.31 Å². The van der Waals surface area contributed by atoms with Crippen molar-refractivity contribution in [2.24, 2.45) is 0 Å². The van der Waals surface area contributed by atoms with Gasteiger partial charge in [0.15, 0.2) is 5.76 Å². The van der Waals surface area contributed by atoms with Crippen molar-refractivity contribution in [3.8, 4) is 0 Å². The Morgan fingerprint density at radius 3 is 2.68 bits per heavy atom. The topological polar surface area (TPSA) is 72.6 Å². The number of rotatable bonds is 3. The number of morpholine rings is 1. The molecule has 1 fully saturated rings. The fourth-order valence-corrected chi connectivity index (χ4v) is 4.51. The largest absolute Gasteiger partial charge is 0.374 e. The van der Waals surface area contributed by atoms with Gasteiger partial charge in [-0.25, -0.2) is 8.42 Å². The van der Waals surface area contributed by atoms with Crippen LogP contribution in [0.4, 0.5) is 0 Å². The van der Waals surface area contributed by atoms with Crippen molar-refractivity contribution in [3.05, 3.63) is 11.5 Å². The second kappa shape index (κ2) is 5.51. The molecule has 1 aliphatic heterocycles. The molecule has 1 aromatic heterocycles. The lowest BCUT2D eigenvalue weighted by atomic mass is 10.2. The molecule has 8 heteroatoms. The smallest absolute Gasteiger partial charge is 0.248 e. The molecule has 0 saturated carbocycles. The Labute approximate surface area is 121 Å². The maximum atomic E-state index is 12.7. The molecule has 2 atom stereocenters. The number of aromatic nitrogens is 1. The molecular formula is C11H17BrN2O4S. The minimum Gasteiger partial charge on any atom is -0.374 e. The van der Waals surface area contributed by atoms with Gasteiger partial charge in [-0.2, -0.15) is 4.31 Å². The number of hydrogen-bond donors (Lipinski definition) is 0. The van der Waals surface area contributed by atoms with E-state index in [1.807, 2.05) is 6.92 Å². The first-order valence-corrected chi connectivity index (χ1v) is 8.56. The molecule has 108 valence electrons. The molecule has 2 rings (SSSR count). The van der Waals surface area contributed by atoms with Gasteiger partial charge in [-0.15, -0.1) is 0 Å². The van der Waals surface area contributed by atoms with Gasteiger partial charge >= 0.3 is 0 Å². The molecule has 6 nitrogen and oxygen atoms in total. The van der Waals surface area contributed by atoms with Crippen LogP contribution < -0.4 is 0 Å². The van der Waals surface area contributed by atoms with Crippen molar-refractivity contribution >= 4 is 26.0 Å². The Balaban J connectivity index is 2.38. The summed E-state index contributed by atoms with van der Waals surface area (Å²) in [7, 11) is -3.60. The number of halogens is 1. The van der Waals surface area contributed by atoms with Crippen LogP contribution in [-0.2, 0) is 14.8 Å². The summed E-state index contributed by atoms with van der Waals surface area (Å²) in [6.07, 6.45) is -0.133. The Bertz CT molecular complexity index is 538. The number of alkyl halides is 1. The maximum Gasteiger partial charge on any atom is 0.248 e. The third-order valence-electron chi connectivity index (χ3n) is 3.15. The van der Waals surface area contributed by atoms with Gasteiger partial charge in [0.1, 0.15) is 10.6 Å². The molecule has 0 aromatic carbocycles. The zero-order valence-electron chi connectivity index (χ0n) is 11.1. The Morgan fingerprint density at radius 2 is 2.16 bits per heavy atom. The first kappa shape index (κ1) is 15.0. The summed E-state index contributed by atoms with van der Waals surface area (Å²) >= 11 is 3.33. The third-order valence-corrected chi connectivity index (χ3v) is 6.10. The summed E-state index contributed by atoms with van der Waals surface area (Å²) in [5, 5.41) is 4.32. The average molecular weight is 353 g/mol. The van der Waals surface area contributed by atoms with Crippen LogP contribution in [0.25, 0.3) is 0 Å². The second-order valence-electron chi connectivity index (χ2n) is 4.69. The molecule has 0 aliphatic carbocycles. The number of hydrogen-bond acceptors (Lipinski definition) is 5. The van der Waals surface area contributed by atoms with Crippen molar-refractivity contribution in [2.75, 3.05) is 18.5 Å². The normalized spacial score (nSPS) is 25.7. The Morgan fingerprint density at radius 1 is 1.47 bits per heavy atom. The highest BCUT2D eigenvalue weighted by atomic mass is 79.9. The monoisotopic (exact) mass is 352 g/mol. The number of aryl methyl sites for hydroxylation is 2. The van der Waals surface area contributed by atoms with Crippen molar-refractivity contribution in [3.63, 3.8) is 0 Å². The van der Waals surface area contributed by atoms with Gasteiger partial charge in [-0.3, -0.25) is 0 Å². The van der Waals surface area contributed by atoms with E-state index in [0.29, 0.717) is 29.9 Å². The predicted octanol–water partition coefficient (Wildman–Crippen LogP) is 1.46. The molecule has 0 bridgehead atoms. The van der Waals surface area contributed by atoms with E-state index >= 15 is 0 Å². The molecule has 0 N–H and O–H groups in total. The quantitative estimate of drug-likeness (QED) is 0.770. The summed E-state index contributed by atoms with van der Waals surface area (Å²) < 4.78 is 37.4. The van der Waals surface area contributed by atoms with Gasteiger partial charge in [0.25, 0.3) is 0 Å². The SMILES string of the molecule is Cc1noc(C)c1S(=O)(=O)N1CC(CBr)OCC1C. The third kappa shape index (κ3) is 2.72. The minimum absolute atomic E-state index is 0.133. The van der Waals surface area contributed by atoms with Gasteiger partial charge in [0.2, 0.25) is 10.0 Å². The van der Waals surface area contributed by atoms with Crippen molar-refractivity contribution in [1.29, 1.82) is 0 Å². The van der Waals surface area contributed by atoms with Gasteiger partial charge in [0.05, 0.1) is 12.7 Å². The van der Waals surface area contributed by atoms with Crippen LogP contribution in [0.2, 0.25) is 0 Å². The summed E-state index contributed by atoms with van der Waals surface area (Å²) in [4.78, 5) is 0.176. The van der Waals surface area contributed by atoms with Crippen LogP contribution >= 0.6 is 15.9 Å². The fraction of sp³-hybridized carbons (Fsp3) is 0.727. The molecule has 2 heterocycles. The Kier molecular flexibility index (Phi) is 4.34. The lowest BCUT2D eigenvalue weighted by Crippen LogP contribution is -2.51. The molecule has 2 unspecified atom stereocenters. The number of sulfonamides is 1. The summed E-state index contributed by atoms with van der Waals surface area (Å²) in [5.74, 6) is 0.326. The van der Waals surface area contributed by atoms with Crippen LogP contribution in [0.5, 0.6) is 0 Å². The maximum absolute atomic E-state index is 12.7. The second-order valence-corrected chi connectivity index (χ2v) is 7.16. The summed E-state index contributed by atoms with van der Waals surface area (Å²) in [6.45, 7) is 5.80. The zero-order valence-corrected chi connectivity index (χ0v) is 13.5. The van der Waals surface area contributed by atoms with E-state index in [4.69, 9.17) is 9.26 Å². The lowest BCUT2D eigenvalue weighted by Gasteiger charge is -2.36. The molecule has 0 amide bonds. The van der Waals surface area contributed by atoms with Crippen LogP contribution in [0.15, 0.2) is 9.42 Å². The van der Waals surface area contributed by atoms with E-state index in [2.05, 4.69) is 21.1 Å². The summed E-state index contributed by atoms with van der Waals surface area (Å²) in [6, 6.07) is -0.200. The highest BCUT2D eigenvalue weighted by Gasteiger charge is 2.38. The van der Waals surface area contributed by atoms with E-state index in [0.717, 1.165) is 0 Å². The number of nitrogens with zero attached hydrogens (tertiary/aromatic N) is 2. The first-order valence-electron chi connectivity index (χ1n) is 6.00. The molecule has 0 spiro atoms. The highest BCUT2D eigenvalue weighted by Crippen LogP contribution is 2.27. The van der Waals surface area contributed by atoms with Gasteiger partial charge in [0, 0.05) is 17.9 Å². The predicted molar refractivity (Wildman–Crippen MR) is 72.9 cm³/mol. The van der Waals surface area contributed by atoms with E-state index in [1.54, 1.807) is 13.8 Å². The molecule has 1 aliphatic rings. The van der Waals surface area contributed by atoms with Crippen LogP contribution in [0.3, 0.4) is 0 Å². The fourth-order valence-electron chi connectivity index (χ4n) is 2.18. The van der Waals surface area contributed by atoms with Gasteiger partial charge in [-0.1, -0.05) is 21.1 Å². The van der Waals surface area contributed by atoms with E-state index in [-0.39, 0.29) is 17.0 Å². The molecule has 19 heavy (non-hydrogen) atoms. The highest BCUT2D eigenvalue weighted by molar-refractivity contribution is 9.09.